The number of benzene rings is 2. The van der Waals surface area contributed by atoms with Crippen molar-refractivity contribution < 1.29 is 18.9 Å². The largest absolute Gasteiger partial charge is 0.497 e. The second-order valence-corrected chi connectivity index (χ2v) is 6.52. The summed E-state index contributed by atoms with van der Waals surface area (Å²) in [5.41, 5.74) is 0. The van der Waals surface area contributed by atoms with Crippen LogP contribution in [0, 0.1) is 0 Å². The van der Waals surface area contributed by atoms with Crippen molar-refractivity contribution in [3.8, 4) is 23.0 Å². The number of halogens is 2. The minimum Gasteiger partial charge on any atom is -0.497 e. The topological polar surface area (TPSA) is 36.9 Å². The number of unbranched alkanes of at least 4 members (excludes halogenated alkanes) is 3. The Bertz CT molecular complexity index is 632. The van der Waals surface area contributed by atoms with E-state index in [0.717, 1.165) is 37.2 Å². The molecule has 0 aliphatic heterocycles. The lowest BCUT2D eigenvalue weighted by atomic mass is 10.2. The van der Waals surface area contributed by atoms with Gasteiger partial charge < -0.3 is 18.9 Å². The molecule has 0 aromatic heterocycles. The van der Waals surface area contributed by atoms with Crippen LogP contribution in [0.2, 0.25) is 10.0 Å². The fourth-order valence-electron chi connectivity index (χ4n) is 2.37. The second-order valence-electron chi connectivity index (χ2n) is 5.70. The van der Waals surface area contributed by atoms with Gasteiger partial charge in [0.15, 0.2) is 0 Å². The molecule has 0 unspecified atom stereocenters. The van der Waals surface area contributed by atoms with Crippen molar-refractivity contribution in [2.75, 3.05) is 27.4 Å². The van der Waals surface area contributed by atoms with E-state index in [-0.39, 0.29) is 0 Å². The quantitative estimate of drug-likeness (QED) is 0.433. The molecule has 142 valence electrons. The Morgan fingerprint density at radius 2 is 1.08 bits per heavy atom. The number of hydrogen-bond acceptors (Lipinski definition) is 4. The van der Waals surface area contributed by atoms with E-state index in [0.29, 0.717) is 34.8 Å². The second kappa shape index (κ2) is 11.0. The standard InChI is InChI=1S/C20H24Cl2O4/c1-23-15-7-9-19(17(21)13-15)25-11-5-3-4-6-12-26-20-10-8-16(24-2)14-18(20)22/h7-10,13-14H,3-6,11-12H2,1-2H3. The van der Waals surface area contributed by atoms with Crippen LogP contribution in [-0.4, -0.2) is 27.4 Å². The third-order valence-electron chi connectivity index (χ3n) is 3.83. The van der Waals surface area contributed by atoms with Gasteiger partial charge >= 0.3 is 0 Å². The van der Waals surface area contributed by atoms with Crippen LogP contribution in [0.4, 0.5) is 0 Å². The summed E-state index contributed by atoms with van der Waals surface area (Å²) in [6, 6.07) is 10.8. The molecule has 0 atom stereocenters. The SMILES string of the molecule is COc1ccc(OCCCCCCOc2ccc(OC)cc2Cl)c(Cl)c1. The third-order valence-corrected chi connectivity index (χ3v) is 4.42. The van der Waals surface area contributed by atoms with Crippen molar-refractivity contribution in [3.63, 3.8) is 0 Å². The van der Waals surface area contributed by atoms with Gasteiger partial charge in [0.2, 0.25) is 0 Å². The molecule has 0 bridgehead atoms. The zero-order valence-corrected chi connectivity index (χ0v) is 16.6. The van der Waals surface area contributed by atoms with E-state index in [1.54, 1.807) is 26.4 Å². The minimum atomic E-state index is 0.564. The van der Waals surface area contributed by atoms with Crippen molar-refractivity contribution in [2.45, 2.75) is 25.7 Å². The van der Waals surface area contributed by atoms with Gasteiger partial charge in [0.1, 0.15) is 23.0 Å². The number of rotatable bonds is 11. The van der Waals surface area contributed by atoms with Gasteiger partial charge in [0.05, 0.1) is 37.5 Å². The van der Waals surface area contributed by atoms with Crippen molar-refractivity contribution in [1.29, 1.82) is 0 Å². The maximum atomic E-state index is 6.14. The Morgan fingerprint density at radius 3 is 1.42 bits per heavy atom. The van der Waals surface area contributed by atoms with Crippen molar-refractivity contribution in [1.82, 2.24) is 0 Å². The smallest absolute Gasteiger partial charge is 0.138 e. The summed E-state index contributed by atoms with van der Waals surface area (Å²) in [5.74, 6) is 2.81. The predicted molar refractivity (Wildman–Crippen MR) is 105 cm³/mol. The first kappa shape index (κ1) is 20.5. The van der Waals surface area contributed by atoms with Gasteiger partial charge in [-0.1, -0.05) is 23.2 Å². The van der Waals surface area contributed by atoms with Crippen LogP contribution >= 0.6 is 23.2 Å². The first-order chi connectivity index (χ1) is 12.6. The molecule has 0 fully saturated rings. The van der Waals surface area contributed by atoms with Gasteiger partial charge in [0.25, 0.3) is 0 Å². The van der Waals surface area contributed by atoms with Gasteiger partial charge in [-0.3, -0.25) is 0 Å². The predicted octanol–water partition coefficient (Wildman–Crippen LogP) is 6.03. The molecule has 2 aromatic rings. The monoisotopic (exact) mass is 398 g/mol. The fourth-order valence-corrected chi connectivity index (χ4v) is 2.82. The normalized spacial score (nSPS) is 10.5. The lowest BCUT2D eigenvalue weighted by Crippen LogP contribution is -2.00. The summed E-state index contributed by atoms with van der Waals surface area (Å²) in [6.07, 6.45) is 4.05. The molecule has 4 nitrogen and oxygen atoms in total. The van der Waals surface area contributed by atoms with Gasteiger partial charge in [-0.15, -0.1) is 0 Å². The molecule has 26 heavy (non-hydrogen) atoms. The molecule has 0 saturated carbocycles. The zero-order chi connectivity index (χ0) is 18.8. The lowest BCUT2D eigenvalue weighted by Gasteiger charge is -2.10. The van der Waals surface area contributed by atoms with Crippen molar-refractivity contribution in [2.24, 2.45) is 0 Å². The maximum absolute atomic E-state index is 6.14. The highest BCUT2D eigenvalue weighted by molar-refractivity contribution is 6.32. The summed E-state index contributed by atoms with van der Waals surface area (Å²) in [7, 11) is 3.22. The first-order valence-electron chi connectivity index (χ1n) is 8.56. The number of hydrogen-bond donors (Lipinski definition) is 0. The van der Waals surface area contributed by atoms with E-state index in [1.165, 1.54) is 0 Å². The van der Waals surface area contributed by atoms with Crippen LogP contribution in [-0.2, 0) is 0 Å². The Hall–Kier alpha value is -1.78. The molecule has 0 heterocycles. The minimum absolute atomic E-state index is 0.564. The fraction of sp³-hybridized carbons (Fsp3) is 0.400. The van der Waals surface area contributed by atoms with Crippen molar-refractivity contribution in [3.05, 3.63) is 46.4 Å². The van der Waals surface area contributed by atoms with Crippen LogP contribution < -0.4 is 18.9 Å². The van der Waals surface area contributed by atoms with E-state index >= 15 is 0 Å². The van der Waals surface area contributed by atoms with Gasteiger partial charge in [-0.25, -0.2) is 0 Å². The summed E-state index contributed by atoms with van der Waals surface area (Å²) < 4.78 is 21.6. The van der Waals surface area contributed by atoms with Crippen LogP contribution in [0.25, 0.3) is 0 Å². The summed E-state index contributed by atoms with van der Waals surface area (Å²) >= 11 is 12.3. The molecule has 0 N–H and O–H groups in total. The van der Waals surface area contributed by atoms with E-state index in [9.17, 15) is 0 Å². The molecule has 0 saturated heterocycles. The molecule has 0 aliphatic rings. The first-order valence-corrected chi connectivity index (χ1v) is 9.32. The Morgan fingerprint density at radius 1 is 0.654 bits per heavy atom. The van der Waals surface area contributed by atoms with E-state index in [2.05, 4.69) is 0 Å². The van der Waals surface area contributed by atoms with Gasteiger partial charge in [-0.05, 0) is 49.9 Å². The van der Waals surface area contributed by atoms with Crippen LogP contribution in [0.5, 0.6) is 23.0 Å². The lowest BCUT2D eigenvalue weighted by molar-refractivity contribution is 0.287. The number of methoxy groups -OCH3 is 2. The van der Waals surface area contributed by atoms with Crippen molar-refractivity contribution >= 4 is 23.2 Å². The molecule has 2 rings (SSSR count). The zero-order valence-electron chi connectivity index (χ0n) is 15.1. The summed E-state index contributed by atoms with van der Waals surface area (Å²) in [6.45, 7) is 1.27. The highest BCUT2D eigenvalue weighted by atomic mass is 35.5. The molecule has 0 radical (unpaired) electrons. The highest BCUT2D eigenvalue weighted by Gasteiger charge is 2.04. The molecule has 2 aromatic carbocycles. The molecule has 0 spiro atoms. The average molecular weight is 399 g/mol. The van der Waals surface area contributed by atoms with E-state index in [4.69, 9.17) is 42.1 Å². The average Bonchev–Trinajstić information content (AvgIpc) is 2.65. The molecule has 0 amide bonds. The van der Waals surface area contributed by atoms with E-state index in [1.807, 2.05) is 24.3 Å². The van der Waals surface area contributed by atoms with Crippen LogP contribution in [0.3, 0.4) is 0 Å². The third kappa shape index (κ3) is 6.50. The van der Waals surface area contributed by atoms with Gasteiger partial charge in [0, 0.05) is 12.1 Å². The van der Waals surface area contributed by atoms with Crippen LogP contribution in [0.15, 0.2) is 36.4 Å². The Labute approximate surface area is 164 Å². The Kier molecular flexibility index (Phi) is 8.72. The molecule has 0 aliphatic carbocycles. The number of ether oxygens (including phenoxy) is 4. The Balaban J connectivity index is 1.57. The highest BCUT2D eigenvalue weighted by Crippen LogP contribution is 2.29. The molecule has 6 heteroatoms. The van der Waals surface area contributed by atoms with E-state index < -0.39 is 0 Å². The maximum Gasteiger partial charge on any atom is 0.138 e. The van der Waals surface area contributed by atoms with Gasteiger partial charge in [-0.2, -0.15) is 0 Å². The summed E-state index contributed by atoms with van der Waals surface area (Å²) in [4.78, 5) is 0. The summed E-state index contributed by atoms with van der Waals surface area (Å²) in [5, 5.41) is 1.13. The molecular weight excluding hydrogens is 375 g/mol. The van der Waals surface area contributed by atoms with Crippen LogP contribution in [0.1, 0.15) is 25.7 Å². The molecular formula is C20H24Cl2O4.